The van der Waals surface area contributed by atoms with Gasteiger partial charge in [-0.2, -0.15) is 8.78 Å². The molecule has 1 rings (SSSR count). The van der Waals surface area contributed by atoms with Gasteiger partial charge in [-0.1, -0.05) is 0 Å². The van der Waals surface area contributed by atoms with E-state index in [9.17, 15) is 22.0 Å². The van der Waals surface area contributed by atoms with E-state index >= 15 is 0 Å². The molecule has 0 unspecified atom stereocenters. The molecule has 0 aliphatic carbocycles. The minimum absolute atomic E-state index is 0.229. The quantitative estimate of drug-likeness (QED) is 0.169. The molecule has 0 amide bonds. The molecule has 0 aliphatic heterocycles. The predicted molar refractivity (Wildman–Crippen MR) is 86.4 cm³/mol. The number of halogens is 5. The van der Waals surface area contributed by atoms with Crippen LogP contribution in [-0.2, 0) is 13.3 Å². The lowest BCUT2D eigenvalue weighted by molar-refractivity contribution is 0.0703. The number of unbranched alkanes of at least 4 members (excludes halogenated alkanes) is 1. The van der Waals surface area contributed by atoms with E-state index in [1.807, 2.05) is 20.8 Å². The van der Waals surface area contributed by atoms with Crippen LogP contribution in [0.3, 0.4) is 0 Å². The molecule has 0 saturated heterocycles. The van der Waals surface area contributed by atoms with Gasteiger partial charge in [0.05, 0.1) is 6.61 Å². The Bertz CT molecular complexity index is 542. The second-order valence-corrected chi connectivity index (χ2v) is 7.92. The number of benzene rings is 1. The summed E-state index contributed by atoms with van der Waals surface area (Å²) in [5.74, 6) is -11.5. The van der Waals surface area contributed by atoms with Crippen LogP contribution in [-0.4, -0.2) is 35.2 Å². The van der Waals surface area contributed by atoms with Crippen molar-refractivity contribution in [2.24, 2.45) is 0 Å². The van der Waals surface area contributed by atoms with Crippen molar-refractivity contribution in [3.05, 3.63) is 29.1 Å². The van der Waals surface area contributed by atoms with Gasteiger partial charge in [-0.3, -0.25) is 0 Å². The van der Waals surface area contributed by atoms with Gasteiger partial charge in [0, 0.05) is 25.9 Å². The van der Waals surface area contributed by atoms with E-state index in [-0.39, 0.29) is 6.61 Å². The van der Waals surface area contributed by atoms with Crippen LogP contribution in [0.25, 0.3) is 0 Å². The van der Waals surface area contributed by atoms with Gasteiger partial charge in [0.25, 0.3) is 0 Å². The van der Waals surface area contributed by atoms with Crippen molar-refractivity contribution < 1.29 is 40.0 Å². The Morgan fingerprint density at radius 2 is 1.08 bits per heavy atom. The molecule has 0 bridgehead atoms. The van der Waals surface area contributed by atoms with Crippen LogP contribution in [0.2, 0.25) is 6.04 Å². The van der Waals surface area contributed by atoms with Crippen LogP contribution < -0.4 is 4.74 Å². The van der Waals surface area contributed by atoms with Crippen LogP contribution >= 0.6 is 0 Å². The summed E-state index contributed by atoms with van der Waals surface area (Å²) < 4.78 is 87.9. The van der Waals surface area contributed by atoms with E-state index in [1.54, 1.807) is 0 Å². The van der Waals surface area contributed by atoms with E-state index in [2.05, 4.69) is 0 Å². The first kappa shape index (κ1) is 22.8. The Kier molecular flexibility index (Phi) is 9.48. The summed E-state index contributed by atoms with van der Waals surface area (Å²) in [5.41, 5.74) is 0. The molecule has 0 aromatic heterocycles. The van der Waals surface area contributed by atoms with E-state index in [0.717, 1.165) is 0 Å². The van der Waals surface area contributed by atoms with Crippen LogP contribution in [0.4, 0.5) is 22.0 Å². The first-order valence-corrected chi connectivity index (χ1v) is 10.3. The van der Waals surface area contributed by atoms with Crippen molar-refractivity contribution in [1.82, 2.24) is 0 Å². The van der Waals surface area contributed by atoms with Crippen molar-refractivity contribution in [1.29, 1.82) is 0 Å². The van der Waals surface area contributed by atoms with Crippen molar-refractivity contribution in [2.45, 2.75) is 39.7 Å². The van der Waals surface area contributed by atoms with Gasteiger partial charge in [0.1, 0.15) is 0 Å². The predicted octanol–water partition coefficient (Wildman–Crippen LogP) is 4.59. The molecule has 0 spiro atoms. The largest absolute Gasteiger partial charge is 0.500 e. The SMILES string of the molecule is CCO[Si](CCCCOc1c(F)c(F)c(F)c(F)c1F)(OCC)OCC. The lowest BCUT2D eigenvalue weighted by Gasteiger charge is -2.28. The maximum absolute atomic E-state index is 13.5. The third-order valence-corrected chi connectivity index (χ3v) is 6.54. The minimum atomic E-state index is -2.85. The zero-order valence-electron chi connectivity index (χ0n) is 15.0. The normalized spacial score (nSPS) is 11.8. The highest BCUT2D eigenvalue weighted by molar-refractivity contribution is 6.60. The first-order valence-electron chi connectivity index (χ1n) is 8.39. The molecule has 0 atom stereocenters. The Morgan fingerprint density at radius 3 is 1.50 bits per heavy atom. The van der Waals surface area contributed by atoms with Crippen LogP contribution in [0, 0.1) is 29.1 Å². The molecule has 0 fully saturated rings. The number of hydrogen-bond acceptors (Lipinski definition) is 4. The summed E-state index contributed by atoms with van der Waals surface area (Å²) >= 11 is 0. The summed E-state index contributed by atoms with van der Waals surface area (Å²) in [5, 5.41) is 0. The van der Waals surface area contributed by atoms with Gasteiger partial charge in [-0.15, -0.1) is 0 Å². The fourth-order valence-electron chi connectivity index (χ4n) is 2.33. The van der Waals surface area contributed by atoms with Gasteiger partial charge in [0.15, 0.2) is 5.75 Å². The van der Waals surface area contributed by atoms with Gasteiger partial charge >= 0.3 is 8.80 Å². The molecular weight excluding hydrogens is 379 g/mol. The fraction of sp³-hybridized carbons (Fsp3) is 0.625. The van der Waals surface area contributed by atoms with Gasteiger partial charge in [0.2, 0.25) is 29.1 Å². The zero-order chi connectivity index (χ0) is 19.7. The third kappa shape index (κ3) is 5.63. The Balaban J connectivity index is 2.64. The molecule has 0 aliphatic rings. The maximum Gasteiger partial charge on any atom is 0.500 e. The molecule has 10 heteroatoms. The summed E-state index contributed by atoms with van der Waals surface area (Å²) in [7, 11) is -2.85. The highest BCUT2D eigenvalue weighted by Gasteiger charge is 2.39. The maximum atomic E-state index is 13.5. The monoisotopic (exact) mass is 402 g/mol. The molecule has 0 heterocycles. The average molecular weight is 402 g/mol. The zero-order valence-corrected chi connectivity index (χ0v) is 16.0. The van der Waals surface area contributed by atoms with Crippen LogP contribution in [0.15, 0.2) is 0 Å². The second-order valence-electron chi connectivity index (χ2n) is 5.19. The Hall–Kier alpha value is -1.23. The third-order valence-electron chi connectivity index (χ3n) is 3.39. The molecule has 1 aromatic rings. The number of hydrogen-bond donors (Lipinski definition) is 0. The van der Waals surface area contributed by atoms with E-state index in [4.69, 9.17) is 18.0 Å². The van der Waals surface area contributed by atoms with Crippen molar-refractivity contribution in [3.8, 4) is 5.75 Å². The van der Waals surface area contributed by atoms with Crippen molar-refractivity contribution in [2.75, 3.05) is 26.4 Å². The van der Waals surface area contributed by atoms with E-state index in [1.165, 1.54) is 0 Å². The first-order chi connectivity index (χ1) is 12.3. The topological polar surface area (TPSA) is 36.9 Å². The van der Waals surface area contributed by atoms with Crippen molar-refractivity contribution >= 4 is 8.80 Å². The molecule has 26 heavy (non-hydrogen) atoms. The number of ether oxygens (including phenoxy) is 1. The number of rotatable bonds is 12. The lowest BCUT2D eigenvalue weighted by atomic mass is 10.2. The van der Waals surface area contributed by atoms with Gasteiger partial charge in [-0.25, -0.2) is 13.2 Å². The average Bonchev–Trinajstić information content (AvgIpc) is 2.61. The molecule has 1 aromatic carbocycles. The van der Waals surface area contributed by atoms with Crippen LogP contribution in [0.1, 0.15) is 33.6 Å². The highest BCUT2D eigenvalue weighted by atomic mass is 28.4. The Labute approximate surface area is 150 Å². The van der Waals surface area contributed by atoms with Gasteiger partial charge in [-0.05, 0) is 33.6 Å². The molecule has 0 radical (unpaired) electrons. The van der Waals surface area contributed by atoms with E-state index in [0.29, 0.717) is 38.7 Å². The standard InChI is InChI=1S/C16H23F5O4Si/c1-4-23-26(24-5-2,25-6-3)10-8-7-9-22-16-14(20)12(18)11(17)13(19)15(16)21/h4-10H2,1-3H3. The summed E-state index contributed by atoms with van der Waals surface area (Å²) in [6.07, 6.45) is 0.767. The molecule has 150 valence electrons. The summed E-state index contributed by atoms with van der Waals surface area (Å²) in [6.45, 7) is 6.44. The van der Waals surface area contributed by atoms with Crippen LogP contribution in [0.5, 0.6) is 5.75 Å². The smallest absolute Gasteiger partial charge is 0.487 e. The molecule has 0 N–H and O–H groups in total. The van der Waals surface area contributed by atoms with Crippen molar-refractivity contribution in [3.63, 3.8) is 0 Å². The lowest BCUT2D eigenvalue weighted by Crippen LogP contribution is -2.45. The van der Waals surface area contributed by atoms with Gasteiger partial charge < -0.3 is 18.0 Å². The summed E-state index contributed by atoms with van der Waals surface area (Å²) in [6, 6.07) is 0.447. The summed E-state index contributed by atoms with van der Waals surface area (Å²) in [4.78, 5) is 0. The fourth-order valence-corrected chi connectivity index (χ4v) is 5.02. The molecule has 4 nitrogen and oxygen atoms in total. The second kappa shape index (κ2) is 10.8. The highest BCUT2D eigenvalue weighted by Crippen LogP contribution is 2.29. The van der Waals surface area contributed by atoms with E-state index < -0.39 is 43.6 Å². The molecular formula is C16H23F5O4Si. The molecule has 0 saturated carbocycles. The minimum Gasteiger partial charge on any atom is -0.487 e. The Morgan fingerprint density at radius 1 is 0.654 bits per heavy atom.